The van der Waals surface area contributed by atoms with Gasteiger partial charge in [-0.25, -0.2) is 0 Å². The molecule has 0 unspecified atom stereocenters. The molecule has 29 heavy (non-hydrogen) atoms. The second kappa shape index (κ2) is 8.64. The first-order valence-electron chi connectivity index (χ1n) is 9.55. The average molecular weight is 409 g/mol. The Hall–Kier alpha value is -2.89. The third kappa shape index (κ3) is 4.42. The van der Waals surface area contributed by atoms with E-state index in [1.165, 1.54) is 0 Å². The summed E-state index contributed by atoms with van der Waals surface area (Å²) in [7, 11) is 0. The van der Waals surface area contributed by atoms with E-state index in [1.54, 1.807) is 54.8 Å². The van der Waals surface area contributed by atoms with Crippen molar-refractivity contribution in [2.45, 2.75) is 6.54 Å². The summed E-state index contributed by atoms with van der Waals surface area (Å²) in [5.74, 6) is 0.631. The minimum absolute atomic E-state index is 0.111. The van der Waals surface area contributed by atoms with E-state index < -0.39 is 0 Å². The molecule has 2 heterocycles. The highest BCUT2D eigenvalue weighted by atomic mass is 35.5. The number of furan rings is 1. The fourth-order valence-electron chi connectivity index (χ4n) is 3.53. The number of benzene rings is 2. The summed E-state index contributed by atoms with van der Waals surface area (Å²) in [5.41, 5.74) is 1.36. The Morgan fingerprint density at radius 1 is 0.862 bits per heavy atom. The van der Waals surface area contributed by atoms with Crippen molar-refractivity contribution in [3.63, 3.8) is 0 Å². The molecule has 0 saturated carbocycles. The smallest absolute Gasteiger partial charge is 0.254 e. The maximum Gasteiger partial charge on any atom is 0.254 e. The van der Waals surface area contributed by atoms with Crippen LogP contribution in [0.2, 0.25) is 5.02 Å². The molecule has 0 aliphatic carbocycles. The second-order valence-corrected chi connectivity index (χ2v) is 7.47. The van der Waals surface area contributed by atoms with Crippen molar-refractivity contribution in [1.29, 1.82) is 0 Å². The number of amides is 1. The van der Waals surface area contributed by atoms with Crippen molar-refractivity contribution < 1.29 is 14.0 Å². The molecule has 0 radical (unpaired) electrons. The summed E-state index contributed by atoms with van der Waals surface area (Å²) in [4.78, 5) is 30.2. The molecule has 2 aromatic carbocycles. The number of rotatable bonds is 5. The van der Waals surface area contributed by atoms with Gasteiger partial charge in [-0.2, -0.15) is 0 Å². The largest absolute Gasteiger partial charge is 0.468 e. The number of carbonyl (C=O) groups excluding carboxylic acids is 2. The van der Waals surface area contributed by atoms with Gasteiger partial charge in [0.05, 0.1) is 18.4 Å². The van der Waals surface area contributed by atoms with Crippen LogP contribution >= 0.6 is 11.6 Å². The van der Waals surface area contributed by atoms with Gasteiger partial charge in [0.15, 0.2) is 5.78 Å². The molecule has 6 heteroatoms. The first-order valence-corrected chi connectivity index (χ1v) is 9.93. The van der Waals surface area contributed by atoms with Crippen LogP contribution in [0.4, 0.5) is 0 Å². The van der Waals surface area contributed by atoms with E-state index >= 15 is 0 Å². The minimum atomic E-state index is -0.179. The molecular weight excluding hydrogens is 388 g/mol. The van der Waals surface area contributed by atoms with Gasteiger partial charge in [0, 0.05) is 42.3 Å². The van der Waals surface area contributed by atoms with Gasteiger partial charge < -0.3 is 9.32 Å². The topological polar surface area (TPSA) is 53.8 Å². The monoisotopic (exact) mass is 408 g/mol. The average Bonchev–Trinajstić information content (AvgIpc) is 3.27. The van der Waals surface area contributed by atoms with Crippen molar-refractivity contribution in [1.82, 2.24) is 9.80 Å². The molecule has 0 spiro atoms. The van der Waals surface area contributed by atoms with Gasteiger partial charge in [0.25, 0.3) is 5.91 Å². The fourth-order valence-corrected chi connectivity index (χ4v) is 3.65. The highest BCUT2D eigenvalue weighted by Gasteiger charge is 2.26. The quantitative estimate of drug-likeness (QED) is 0.596. The first-order chi connectivity index (χ1) is 14.1. The molecule has 3 aromatic rings. The number of hydrogen-bond acceptors (Lipinski definition) is 4. The van der Waals surface area contributed by atoms with E-state index in [0.717, 1.165) is 25.4 Å². The normalized spacial score (nSPS) is 14.7. The van der Waals surface area contributed by atoms with E-state index in [2.05, 4.69) is 4.90 Å². The van der Waals surface area contributed by atoms with E-state index in [9.17, 15) is 9.59 Å². The third-order valence-electron chi connectivity index (χ3n) is 5.13. The van der Waals surface area contributed by atoms with Crippen molar-refractivity contribution in [3.05, 3.63) is 94.4 Å². The SMILES string of the molecule is O=C(c1ccc(Cl)cc1)c1ccccc1C(=O)N1CCN(Cc2ccco2)CC1. The van der Waals surface area contributed by atoms with Crippen LogP contribution in [0.1, 0.15) is 32.0 Å². The summed E-state index contributed by atoms with van der Waals surface area (Å²) in [6.45, 7) is 3.49. The van der Waals surface area contributed by atoms with Gasteiger partial charge in [-0.15, -0.1) is 0 Å². The molecule has 0 bridgehead atoms. The molecule has 1 aromatic heterocycles. The Morgan fingerprint density at radius 2 is 1.55 bits per heavy atom. The summed E-state index contributed by atoms with van der Waals surface area (Å²) < 4.78 is 5.40. The number of carbonyl (C=O) groups is 2. The van der Waals surface area contributed by atoms with Crippen LogP contribution in [0.5, 0.6) is 0 Å². The van der Waals surface area contributed by atoms with Gasteiger partial charge in [-0.1, -0.05) is 29.8 Å². The molecule has 1 aliphatic rings. The highest BCUT2D eigenvalue weighted by Crippen LogP contribution is 2.19. The fraction of sp³-hybridized carbons (Fsp3) is 0.217. The van der Waals surface area contributed by atoms with E-state index in [4.69, 9.17) is 16.0 Å². The van der Waals surface area contributed by atoms with Crippen LogP contribution in [0.15, 0.2) is 71.3 Å². The van der Waals surface area contributed by atoms with Gasteiger partial charge >= 0.3 is 0 Å². The predicted molar refractivity (Wildman–Crippen MR) is 111 cm³/mol. The zero-order valence-corrected chi connectivity index (χ0v) is 16.6. The van der Waals surface area contributed by atoms with Crippen molar-refractivity contribution in [2.24, 2.45) is 0 Å². The van der Waals surface area contributed by atoms with E-state index in [-0.39, 0.29) is 11.7 Å². The Morgan fingerprint density at radius 3 is 2.21 bits per heavy atom. The zero-order chi connectivity index (χ0) is 20.2. The van der Waals surface area contributed by atoms with Crippen molar-refractivity contribution in [3.8, 4) is 0 Å². The lowest BCUT2D eigenvalue weighted by Crippen LogP contribution is -2.48. The Labute approximate surface area is 174 Å². The van der Waals surface area contributed by atoms with Gasteiger partial charge in [-0.05, 0) is 42.5 Å². The van der Waals surface area contributed by atoms with Crippen molar-refractivity contribution in [2.75, 3.05) is 26.2 Å². The predicted octanol–water partition coefficient (Wildman–Crippen LogP) is 4.12. The van der Waals surface area contributed by atoms with E-state index in [1.807, 2.05) is 17.0 Å². The number of nitrogens with zero attached hydrogens (tertiary/aromatic N) is 2. The van der Waals surface area contributed by atoms with E-state index in [0.29, 0.717) is 34.8 Å². The van der Waals surface area contributed by atoms with Crippen LogP contribution in [-0.2, 0) is 6.54 Å². The van der Waals surface area contributed by atoms with Crippen LogP contribution < -0.4 is 0 Å². The maximum absolute atomic E-state index is 13.1. The second-order valence-electron chi connectivity index (χ2n) is 7.03. The number of halogens is 1. The molecule has 148 valence electrons. The van der Waals surface area contributed by atoms with Gasteiger partial charge in [-0.3, -0.25) is 14.5 Å². The molecule has 1 saturated heterocycles. The van der Waals surface area contributed by atoms with Crippen molar-refractivity contribution >= 4 is 23.3 Å². The van der Waals surface area contributed by atoms with Crippen LogP contribution in [0.25, 0.3) is 0 Å². The number of hydrogen-bond donors (Lipinski definition) is 0. The van der Waals surface area contributed by atoms with Gasteiger partial charge in [0.2, 0.25) is 0 Å². The summed E-state index contributed by atoms with van der Waals surface area (Å²) >= 11 is 5.92. The minimum Gasteiger partial charge on any atom is -0.468 e. The van der Waals surface area contributed by atoms with Crippen LogP contribution in [0, 0.1) is 0 Å². The lowest BCUT2D eigenvalue weighted by atomic mass is 9.97. The molecule has 0 atom stereocenters. The Kier molecular flexibility index (Phi) is 5.79. The standard InChI is InChI=1S/C23H21ClN2O3/c24-18-9-7-17(8-10-18)22(27)20-5-1-2-6-21(20)23(28)26-13-11-25(12-14-26)16-19-4-3-15-29-19/h1-10,15H,11-14,16H2. The third-order valence-corrected chi connectivity index (χ3v) is 5.38. The molecule has 1 amide bonds. The summed E-state index contributed by atoms with van der Waals surface area (Å²) in [6, 6.07) is 17.5. The molecule has 1 fully saturated rings. The summed E-state index contributed by atoms with van der Waals surface area (Å²) in [5, 5.41) is 0.568. The highest BCUT2D eigenvalue weighted by molar-refractivity contribution is 6.30. The number of piperazine rings is 1. The lowest BCUT2D eigenvalue weighted by Gasteiger charge is -2.34. The first kappa shape index (κ1) is 19.4. The Balaban J connectivity index is 1.47. The summed E-state index contributed by atoms with van der Waals surface area (Å²) in [6.07, 6.45) is 1.67. The molecule has 1 aliphatic heterocycles. The lowest BCUT2D eigenvalue weighted by molar-refractivity contribution is 0.0617. The Bertz CT molecular complexity index is 991. The molecule has 0 N–H and O–H groups in total. The molecule has 4 rings (SSSR count). The zero-order valence-electron chi connectivity index (χ0n) is 15.9. The maximum atomic E-state index is 13.1. The number of ketones is 1. The van der Waals surface area contributed by atoms with Crippen LogP contribution in [-0.4, -0.2) is 47.7 Å². The molecule has 5 nitrogen and oxygen atoms in total. The van der Waals surface area contributed by atoms with Crippen LogP contribution in [0.3, 0.4) is 0 Å². The molecular formula is C23H21ClN2O3. The van der Waals surface area contributed by atoms with Gasteiger partial charge in [0.1, 0.15) is 5.76 Å².